The van der Waals surface area contributed by atoms with Crippen molar-refractivity contribution < 1.29 is 14.3 Å². The molecule has 0 aromatic heterocycles. The van der Waals surface area contributed by atoms with Gasteiger partial charge in [-0.25, -0.2) is 4.79 Å². The van der Waals surface area contributed by atoms with E-state index in [2.05, 4.69) is 12.2 Å². The van der Waals surface area contributed by atoms with Crippen LogP contribution in [0.1, 0.15) is 47.5 Å². The van der Waals surface area contributed by atoms with Gasteiger partial charge >= 0.3 is 6.09 Å². The molecule has 0 spiro atoms. The minimum atomic E-state index is -0.431. The molecule has 1 amide bonds. The highest BCUT2D eigenvalue weighted by Gasteiger charge is 2.24. The highest BCUT2D eigenvalue weighted by Crippen LogP contribution is 2.13. The third kappa shape index (κ3) is 6.09. The molecule has 2 atom stereocenters. The monoisotopic (exact) mass is 286 g/mol. The van der Waals surface area contributed by atoms with Crippen molar-refractivity contribution in [1.29, 1.82) is 0 Å². The Morgan fingerprint density at radius 1 is 1.45 bits per heavy atom. The minimum absolute atomic E-state index is 0.224. The maximum atomic E-state index is 12.0. The van der Waals surface area contributed by atoms with Crippen LogP contribution in [-0.2, 0) is 9.47 Å². The predicted molar refractivity (Wildman–Crippen MR) is 79.9 cm³/mol. The minimum Gasteiger partial charge on any atom is -0.444 e. The summed E-state index contributed by atoms with van der Waals surface area (Å²) in [5.41, 5.74) is -0.431. The Morgan fingerprint density at radius 2 is 2.15 bits per heavy atom. The average Bonchev–Trinajstić information content (AvgIpc) is 2.72. The van der Waals surface area contributed by atoms with Crippen LogP contribution in [0.2, 0.25) is 0 Å². The van der Waals surface area contributed by atoms with Crippen LogP contribution in [-0.4, -0.2) is 55.0 Å². The summed E-state index contributed by atoms with van der Waals surface area (Å²) in [6.45, 7) is 12.9. The van der Waals surface area contributed by atoms with Crippen molar-refractivity contribution in [2.75, 3.05) is 26.2 Å². The number of nitrogens with one attached hydrogen (secondary N) is 1. The Morgan fingerprint density at radius 3 is 2.65 bits per heavy atom. The molecule has 0 aromatic carbocycles. The van der Waals surface area contributed by atoms with Crippen molar-refractivity contribution >= 4 is 6.09 Å². The van der Waals surface area contributed by atoms with Crippen LogP contribution in [0.3, 0.4) is 0 Å². The van der Waals surface area contributed by atoms with Gasteiger partial charge in [-0.1, -0.05) is 0 Å². The zero-order chi connectivity index (χ0) is 15.2. The van der Waals surface area contributed by atoms with E-state index in [4.69, 9.17) is 9.47 Å². The second kappa shape index (κ2) is 7.84. The van der Waals surface area contributed by atoms with E-state index in [0.717, 1.165) is 32.5 Å². The van der Waals surface area contributed by atoms with Crippen LogP contribution >= 0.6 is 0 Å². The number of nitrogens with zero attached hydrogens (tertiary/aromatic N) is 1. The van der Waals surface area contributed by atoms with Crippen molar-refractivity contribution in [1.82, 2.24) is 10.2 Å². The van der Waals surface area contributed by atoms with E-state index in [9.17, 15) is 4.79 Å². The molecule has 0 aromatic rings. The summed E-state index contributed by atoms with van der Waals surface area (Å²) < 4.78 is 10.9. The summed E-state index contributed by atoms with van der Waals surface area (Å²) in [5.74, 6) is 0. The van der Waals surface area contributed by atoms with E-state index >= 15 is 0 Å². The molecule has 0 radical (unpaired) electrons. The van der Waals surface area contributed by atoms with Gasteiger partial charge in [-0.05, 0) is 54.0 Å². The van der Waals surface area contributed by atoms with Crippen molar-refractivity contribution in [2.45, 2.75) is 65.2 Å². The van der Waals surface area contributed by atoms with Crippen LogP contribution < -0.4 is 5.32 Å². The summed E-state index contributed by atoms with van der Waals surface area (Å²) >= 11 is 0. The van der Waals surface area contributed by atoms with E-state index < -0.39 is 5.60 Å². The zero-order valence-electron chi connectivity index (χ0n) is 13.6. The standard InChI is InChI=1S/C15H30N2O3/c1-6-17(14(18)20-15(3,4)5)10-7-9-16-13-8-11-19-12(13)2/h12-13,16H,6-11H2,1-5H3. The zero-order valence-corrected chi connectivity index (χ0v) is 13.6. The lowest BCUT2D eigenvalue weighted by Crippen LogP contribution is -2.39. The van der Waals surface area contributed by atoms with Gasteiger partial charge in [0.15, 0.2) is 0 Å². The smallest absolute Gasteiger partial charge is 0.410 e. The van der Waals surface area contributed by atoms with E-state index in [1.54, 1.807) is 4.90 Å². The molecule has 1 saturated heterocycles. The highest BCUT2D eigenvalue weighted by molar-refractivity contribution is 5.68. The molecule has 1 aliphatic rings. The molecule has 118 valence electrons. The first-order valence-corrected chi connectivity index (χ1v) is 7.66. The lowest BCUT2D eigenvalue weighted by atomic mass is 10.1. The SMILES string of the molecule is CCN(CCCNC1CCOC1C)C(=O)OC(C)(C)C. The molecule has 1 rings (SSSR count). The number of rotatable bonds is 6. The predicted octanol–water partition coefficient (Wildman–Crippen LogP) is 2.40. The molecule has 20 heavy (non-hydrogen) atoms. The van der Waals surface area contributed by atoms with Gasteiger partial charge in [0.25, 0.3) is 0 Å². The first-order valence-electron chi connectivity index (χ1n) is 7.66. The Bertz CT molecular complexity index is 302. The van der Waals surface area contributed by atoms with Crippen molar-refractivity contribution in [2.24, 2.45) is 0 Å². The van der Waals surface area contributed by atoms with Crippen LogP contribution in [0, 0.1) is 0 Å². The van der Waals surface area contributed by atoms with Crippen molar-refractivity contribution in [3.8, 4) is 0 Å². The Labute approximate surface area is 123 Å². The van der Waals surface area contributed by atoms with Crippen LogP contribution in [0.25, 0.3) is 0 Å². The normalized spacial score (nSPS) is 22.9. The number of carbonyl (C=O) groups excluding carboxylic acids is 1. The number of hydrogen-bond donors (Lipinski definition) is 1. The number of hydrogen-bond acceptors (Lipinski definition) is 4. The summed E-state index contributed by atoms with van der Waals surface area (Å²) in [6.07, 6.45) is 2.07. The van der Waals surface area contributed by atoms with Gasteiger partial charge in [0.2, 0.25) is 0 Å². The largest absolute Gasteiger partial charge is 0.444 e. The first-order chi connectivity index (χ1) is 9.33. The number of amides is 1. The van der Waals surface area contributed by atoms with Crippen LogP contribution in [0.4, 0.5) is 4.79 Å². The molecule has 1 heterocycles. The number of carbonyl (C=O) groups is 1. The molecule has 0 saturated carbocycles. The molecular formula is C15H30N2O3. The maximum Gasteiger partial charge on any atom is 0.410 e. The van der Waals surface area contributed by atoms with Gasteiger partial charge in [0.05, 0.1) is 6.10 Å². The number of ether oxygens (including phenoxy) is 2. The third-order valence-corrected chi connectivity index (χ3v) is 3.42. The molecule has 1 aliphatic heterocycles. The van der Waals surface area contributed by atoms with Gasteiger partial charge in [-0.3, -0.25) is 0 Å². The summed E-state index contributed by atoms with van der Waals surface area (Å²) in [4.78, 5) is 13.7. The van der Waals surface area contributed by atoms with Gasteiger partial charge in [-0.15, -0.1) is 0 Å². The highest BCUT2D eigenvalue weighted by atomic mass is 16.6. The topological polar surface area (TPSA) is 50.8 Å². The molecule has 1 N–H and O–H groups in total. The van der Waals surface area contributed by atoms with Gasteiger partial charge in [0, 0.05) is 25.7 Å². The molecule has 2 unspecified atom stereocenters. The summed E-state index contributed by atoms with van der Waals surface area (Å²) in [6, 6.07) is 0.451. The third-order valence-electron chi connectivity index (χ3n) is 3.42. The van der Waals surface area contributed by atoms with E-state index in [-0.39, 0.29) is 6.09 Å². The first kappa shape index (κ1) is 17.2. The fourth-order valence-corrected chi connectivity index (χ4v) is 2.26. The van der Waals surface area contributed by atoms with E-state index in [1.165, 1.54) is 0 Å². The Balaban J connectivity index is 2.22. The van der Waals surface area contributed by atoms with Crippen molar-refractivity contribution in [3.05, 3.63) is 0 Å². The summed E-state index contributed by atoms with van der Waals surface area (Å²) in [5, 5.41) is 3.49. The molecule has 5 nitrogen and oxygen atoms in total. The van der Waals surface area contributed by atoms with Gasteiger partial charge in [0.1, 0.15) is 5.60 Å². The second-order valence-corrected chi connectivity index (χ2v) is 6.34. The fourth-order valence-electron chi connectivity index (χ4n) is 2.26. The molecule has 1 fully saturated rings. The van der Waals surface area contributed by atoms with Crippen molar-refractivity contribution in [3.63, 3.8) is 0 Å². The lowest BCUT2D eigenvalue weighted by molar-refractivity contribution is 0.0257. The van der Waals surface area contributed by atoms with Gasteiger partial charge in [-0.2, -0.15) is 0 Å². The fraction of sp³-hybridized carbons (Fsp3) is 0.933. The molecular weight excluding hydrogens is 256 g/mol. The van der Waals surface area contributed by atoms with Crippen LogP contribution in [0.5, 0.6) is 0 Å². The Hall–Kier alpha value is -0.810. The average molecular weight is 286 g/mol. The summed E-state index contributed by atoms with van der Waals surface area (Å²) in [7, 11) is 0. The lowest BCUT2D eigenvalue weighted by Gasteiger charge is -2.26. The molecule has 0 bridgehead atoms. The second-order valence-electron chi connectivity index (χ2n) is 6.34. The Kier molecular flexibility index (Phi) is 6.76. The van der Waals surface area contributed by atoms with E-state index in [1.807, 2.05) is 27.7 Å². The van der Waals surface area contributed by atoms with Gasteiger partial charge < -0.3 is 19.7 Å². The van der Waals surface area contributed by atoms with E-state index in [0.29, 0.717) is 18.7 Å². The quantitative estimate of drug-likeness (QED) is 0.762. The molecule has 0 aliphatic carbocycles. The maximum absolute atomic E-state index is 12.0. The molecule has 5 heteroatoms. The van der Waals surface area contributed by atoms with Crippen LogP contribution in [0.15, 0.2) is 0 Å².